The third-order valence-corrected chi connectivity index (χ3v) is 4.93. The first-order valence-corrected chi connectivity index (χ1v) is 8.41. The van der Waals surface area contributed by atoms with Crippen molar-refractivity contribution in [3.63, 3.8) is 0 Å². The van der Waals surface area contributed by atoms with Crippen LogP contribution in [0.1, 0.15) is 36.0 Å². The molecule has 0 aromatic carbocycles. The molecule has 2 N–H and O–H groups in total. The number of aliphatic hydroxyl groups excluding tert-OH is 1. The molecule has 6 heteroatoms. The number of pyridine rings is 1. The highest BCUT2D eigenvalue weighted by atomic mass is 16.3. The van der Waals surface area contributed by atoms with Crippen LogP contribution in [0.4, 0.5) is 5.82 Å². The van der Waals surface area contributed by atoms with Crippen molar-refractivity contribution in [2.75, 3.05) is 32.1 Å². The molecule has 0 radical (unpaired) electrons. The minimum Gasteiger partial charge on any atom is -0.392 e. The first kappa shape index (κ1) is 16.2. The zero-order valence-corrected chi connectivity index (χ0v) is 13.9. The lowest BCUT2D eigenvalue weighted by atomic mass is 10.1. The fourth-order valence-electron chi connectivity index (χ4n) is 3.65. The molecule has 1 aliphatic heterocycles. The Bertz CT molecular complexity index is 546. The van der Waals surface area contributed by atoms with Gasteiger partial charge in [0.2, 0.25) is 0 Å². The van der Waals surface area contributed by atoms with Crippen LogP contribution in [0.25, 0.3) is 0 Å². The van der Waals surface area contributed by atoms with Gasteiger partial charge in [0.1, 0.15) is 5.82 Å². The molecule has 6 nitrogen and oxygen atoms in total. The summed E-state index contributed by atoms with van der Waals surface area (Å²) in [5.74, 6) is 0.783. The number of hydrogen-bond donors (Lipinski definition) is 2. The summed E-state index contributed by atoms with van der Waals surface area (Å²) < 4.78 is 0. The van der Waals surface area contributed by atoms with Crippen molar-refractivity contribution < 1.29 is 9.90 Å². The Labute approximate surface area is 137 Å². The van der Waals surface area contributed by atoms with Crippen molar-refractivity contribution in [1.82, 2.24) is 15.2 Å². The first-order valence-electron chi connectivity index (χ1n) is 8.41. The van der Waals surface area contributed by atoms with Gasteiger partial charge in [-0.1, -0.05) is 0 Å². The summed E-state index contributed by atoms with van der Waals surface area (Å²) in [4.78, 5) is 21.0. The zero-order valence-electron chi connectivity index (χ0n) is 13.9. The van der Waals surface area contributed by atoms with Gasteiger partial charge in [-0.3, -0.25) is 9.69 Å². The molecular formula is C17H26N4O2. The van der Waals surface area contributed by atoms with Gasteiger partial charge in [0.15, 0.2) is 0 Å². The Hall–Kier alpha value is -1.66. The maximum atomic E-state index is 12.5. The molecule has 0 bridgehead atoms. The predicted octanol–water partition coefficient (Wildman–Crippen LogP) is 0.865. The van der Waals surface area contributed by atoms with E-state index in [2.05, 4.69) is 15.2 Å². The topological polar surface area (TPSA) is 68.7 Å². The maximum absolute atomic E-state index is 12.5. The molecule has 1 amide bonds. The number of β-amino-alcohol motifs (C(OH)–C–C–N with tert-alkyl or cyclic N) is 1. The number of aliphatic hydroxyl groups is 1. The fourth-order valence-corrected chi connectivity index (χ4v) is 3.65. The van der Waals surface area contributed by atoms with Crippen LogP contribution in [-0.2, 0) is 0 Å². The van der Waals surface area contributed by atoms with Gasteiger partial charge < -0.3 is 15.3 Å². The third-order valence-electron chi connectivity index (χ3n) is 4.93. The number of likely N-dealkylation sites (tertiary alicyclic amines) is 1. The number of carbonyl (C=O) groups excluding carboxylic acids is 1. The lowest BCUT2D eigenvalue weighted by Gasteiger charge is -2.29. The van der Waals surface area contributed by atoms with Gasteiger partial charge in [-0.25, -0.2) is 4.98 Å². The normalized spacial score (nSPS) is 28.0. The molecule has 2 heterocycles. The summed E-state index contributed by atoms with van der Waals surface area (Å²) >= 11 is 0. The molecule has 2 fully saturated rings. The molecule has 0 spiro atoms. The summed E-state index contributed by atoms with van der Waals surface area (Å²) in [6, 6.07) is 4.20. The predicted molar refractivity (Wildman–Crippen MR) is 89.7 cm³/mol. The highest BCUT2D eigenvalue weighted by Crippen LogP contribution is 2.27. The number of anilines is 1. The van der Waals surface area contributed by atoms with Crippen LogP contribution in [0.5, 0.6) is 0 Å². The summed E-state index contributed by atoms with van der Waals surface area (Å²) in [5, 5.41) is 12.9. The number of nitrogens with one attached hydrogen (secondary N) is 1. The average molecular weight is 318 g/mol. The van der Waals surface area contributed by atoms with Crippen LogP contribution < -0.4 is 10.2 Å². The second-order valence-electron chi connectivity index (χ2n) is 6.82. The van der Waals surface area contributed by atoms with Crippen LogP contribution in [0.2, 0.25) is 0 Å². The summed E-state index contributed by atoms with van der Waals surface area (Å²) in [5.41, 5.74) is 0.600. The van der Waals surface area contributed by atoms with Gasteiger partial charge in [-0.05, 0) is 37.8 Å². The lowest BCUT2D eigenvalue weighted by Crippen LogP contribution is -2.48. The summed E-state index contributed by atoms with van der Waals surface area (Å²) in [6.07, 6.45) is 5.48. The molecule has 1 saturated carbocycles. The minimum absolute atomic E-state index is 0.0561. The molecule has 3 atom stereocenters. The number of nitrogens with zero attached hydrogens (tertiary/aromatic N) is 3. The molecule has 1 unspecified atom stereocenters. The van der Waals surface area contributed by atoms with Gasteiger partial charge in [-0.15, -0.1) is 0 Å². The molecule has 126 valence electrons. The van der Waals surface area contributed by atoms with E-state index in [1.807, 2.05) is 31.1 Å². The maximum Gasteiger partial charge on any atom is 0.253 e. The summed E-state index contributed by atoms with van der Waals surface area (Å²) in [6.45, 7) is 1.66. The number of amides is 1. The van der Waals surface area contributed by atoms with Crippen LogP contribution in [0, 0.1) is 0 Å². The highest BCUT2D eigenvalue weighted by Gasteiger charge is 2.36. The van der Waals surface area contributed by atoms with Crippen molar-refractivity contribution in [2.24, 2.45) is 0 Å². The second kappa shape index (κ2) is 6.84. The smallest absolute Gasteiger partial charge is 0.253 e. The number of hydrogen-bond acceptors (Lipinski definition) is 5. The Morgan fingerprint density at radius 1 is 1.35 bits per heavy atom. The Balaban J connectivity index is 1.62. The molecule has 1 aromatic rings. The summed E-state index contributed by atoms with van der Waals surface area (Å²) in [7, 11) is 3.85. The van der Waals surface area contributed by atoms with Gasteiger partial charge in [0.25, 0.3) is 5.91 Å². The fraction of sp³-hybridized carbons (Fsp3) is 0.647. The standard InChI is InChI=1S/C17H26N4O2/c1-20(2)16-7-6-12(10-18-16)17(23)19-14-4-3-5-15(14)21-9-8-13(22)11-21/h6-7,10,13-15,22H,3-5,8-9,11H2,1-2H3,(H,19,23)/t13?,14-,15+/m1/s1. The van der Waals surface area contributed by atoms with E-state index in [0.29, 0.717) is 11.6 Å². The van der Waals surface area contributed by atoms with Gasteiger partial charge in [0.05, 0.1) is 11.7 Å². The molecule has 2 aliphatic rings. The van der Waals surface area contributed by atoms with Crippen LogP contribution >= 0.6 is 0 Å². The molecule has 1 aromatic heterocycles. The van der Waals surface area contributed by atoms with Gasteiger partial charge in [-0.2, -0.15) is 0 Å². The number of rotatable bonds is 4. The minimum atomic E-state index is -0.213. The Morgan fingerprint density at radius 2 is 2.17 bits per heavy atom. The van der Waals surface area contributed by atoms with E-state index in [1.54, 1.807) is 6.20 Å². The van der Waals surface area contributed by atoms with E-state index < -0.39 is 0 Å². The van der Waals surface area contributed by atoms with Crippen LogP contribution in [0.3, 0.4) is 0 Å². The second-order valence-corrected chi connectivity index (χ2v) is 6.82. The Morgan fingerprint density at radius 3 is 2.78 bits per heavy atom. The van der Waals surface area contributed by atoms with E-state index >= 15 is 0 Å². The van der Waals surface area contributed by atoms with E-state index in [0.717, 1.165) is 44.6 Å². The molecule has 1 saturated heterocycles. The van der Waals surface area contributed by atoms with Gasteiger partial charge in [0, 0.05) is 45.5 Å². The van der Waals surface area contributed by atoms with Gasteiger partial charge >= 0.3 is 0 Å². The number of carbonyl (C=O) groups is 1. The zero-order chi connectivity index (χ0) is 16.4. The molecular weight excluding hydrogens is 292 g/mol. The van der Waals surface area contributed by atoms with E-state index in [4.69, 9.17) is 0 Å². The number of aromatic nitrogens is 1. The first-order chi connectivity index (χ1) is 11.0. The SMILES string of the molecule is CN(C)c1ccc(C(=O)N[C@@H]2CCC[C@@H]2N2CCC(O)C2)cn1. The van der Waals surface area contributed by atoms with E-state index in [1.165, 1.54) is 0 Å². The quantitative estimate of drug-likeness (QED) is 0.862. The molecule has 1 aliphatic carbocycles. The van der Waals surface area contributed by atoms with Crippen LogP contribution in [0.15, 0.2) is 18.3 Å². The van der Waals surface area contributed by atoms with Crippen molar-refractivity contribution in [2.45, 2.75) is 43.9 Å². The molecule has 3 rings (SSSR count). The third kappa shape index (κ3) is 3.64. The Kier molecular flexibility index (Phi) is 4.82. The van der Waals surface area contributed by atoms with E-state index in [-0.39, 0.29) is 18.1 Å². The largest absolute Gasteiger partial charge is 0.392 e. The van der Waals surface area contributed by atoms with Crippen molar-refractivity contribution in [3.8, 4) is 0 Å². The highest BCUT2D eigenvalue weighted by molar-refractivity contribution is 5.94. The van der Waals surface area contributed by atoms with Crippen molar-refractivity contribution >= 4 is 11.7 Å². The van der Waals surface area contributed by atoms with E-state index in [9.17, 15) is 9.90 Å². The lowest BCUT2D eigenvalue weighted by molar-refractivity contribution is 0.0905. The molecule has 23 heavy (non-hydrogen) atoms. The van der Waals surface area contributed by atoms with Crippen molar-refractivity contribution in [1.29, 1.82) is 0 Å². The van der Waals surface area contributed by atoms with Crippen LogP contribution in [-0.4, -0.2) is 66.3 Å². The average Bonchev–Trinajstić information content (AvgIpc) is 3.16. The monoisotopic (exact) mass is 318 g/mol. The van der Waals surface area contributed by atoms with Crippen molar-refractivity contribution in [3.05, 3.63) is 23.9 Å².